The van der Waals surface area contributed by atoms with Crippen LogP contribution in [0, 0.1) is 23.7 Å². The predicted octanol–water partition coefficient (Wildman–Crippen LogP) is 12.0. The zero-order chi connectivity index (χ0) is 31.3. The summed E-state index contributed by atoms with van der Waals surface area (Å²) in [5.74, 6) is 1.96. The summed E-state index contributed by atoms with van der Waals surface area (Å²) < 4.78 is 11.0. The second-order valence-electron chi connectivity index (χ2n) is 13.4. The van der Waals surface area contributed by atoms with Gasteiger partial charge in [-0.15, -0.1) is 0 Å². The summed E-state index contributed by atoms with van der Waals surface area (Å²) >= 11 is 0. The molecule has 0 radical (unpaired) electrons. The van der Waals surface area contributed by atoms with Crippen LogP contribution in [0.3, 0.4) is 0 Å². The first-order chi connectivity index (χ1) is 20.4. The lowest BCUT2D eigenvalue weighted by molar-refractivity contribution is -0.150. The lowest BCUT2D eigenvalue weighted by Gasteiger charge is -2.16. The second-order valence-corrected chi connectivity index (χ2v) is 13.4. The van der Waals surface area contributed by atoms with Crippen LogP contribution in [0.4, 0.5) is 0 Å². The van der Waals surface area contributed by atoms with Gasteiger partial charge in [-0.3, -0.25) is 9.59 Å². The van der Waals surface area contributed by atoms with Crippen molar-refractivity contribution in [3.63, 3.8) is 0 Å². The molecule has 0 heterocycles. The Balaban J connectivity index is 3.55. The zero-order valence-electron chi connectivity index (χ0n) is 29.3. The molecule has 0 rings (SSSR count). The van der Waals surface area contributed by atoms with Gasteiger partial charge in [0.25, 0.3) is 0 Å². The van der Waals surface area contributed by atoms with Crippen molar-refractivity contribution in [2.24, 2.45) is 23.7 Å². The van der Waals surface area contributed by atoms with Crippen molar-refractivity contribution in [2.45, 2.75) is 196 Å². The molecule has 0 amide bonds. The van der Waals surface area contributed by atoms with Crippen LogP contribution in [0.2, 0.25) is 0 Å². The number of esters is 2. The highest BCUT2D eigenvalue weighted by atomic mass is 16.5. The van der Waals surface area contributed by atoms with Gasteiger partial charge in [-0.1, -0.05) is 157 Å². The molecule has 0 bridgehead atoms. The first-order valence-electron chi connectivity index (χ1n) is 18.7. The standard InChI is InChI=1S/C38H74O4/c1-7-11-27-35(9-3)37(39)41-31-23-19-15-13-17-21-25-33(5)29-30-34(6)26-22-18-14-16-20-24-32-42-38(40)36(10-4)28-12-8-2/h33-36H,7-32H2,1-6H3. The highest BCUT2D eigenvalue weighted by Crippen LogP contribution is 2.22. The van der Waals surface area contributed by atoms with E-state index in [0.29, 0.717) is 13.2 Å². The average molecular weight is 595 g/mol. The van der Waals surface area contributed by atoms with E-state index in [0.717, 1.165) is 76.0 Å². The van der Waals surface area contributed by atoms with Gasteiger partial charge in [0.2, 0.25) is 0 Å². The summed E-state index contributed by atoms with van der Waals surface area (Å²) in [6.07, 6.45) is 28.7. The first-order valence-corrected chi connectivity index (χ1v) is 18.7. The monoisotopic (exact) mass is 595 g/mol. The normalized spacial score (nSPS) is 14.3. The van der Waals surface area contributed by atoms with Crippen LogP contribution in [0.25, 0.3) is 0 Å². The van der Waals surface area contributed by atoms with Gasteiger partial charge in [0.15, 0.2) is 0 Å². The lowest BCUT2D eigenvalue weighted by atomic mass is 9.91. The summed E-state index contributed by atoms with van der Waals surface area (Å²) in [7, 11) is 0. The Bertz CT molecular complexity index is 552. The van der Waals surface area contributed by atoms with Crippen LogP contribution in [0.5, 0.6) is 0 Å². The molecule has 0 saturated carbocycles. The number of ether oxygens (including phenoxy) is 2. The minimum atomic E-state index is 0.0278. The average Bonchev–Trinajstić information content (AvgIpc) is 2.99. The molecule has 0 aliphatic heterocycles. The third-order valence-electron chi connectivity index (χ3n) is 9.29. The van der Waals surface area contributed by atoms with E-state index in [4.69, 9.17) is 9.47 Å². The Labute approximate surface area is 263 Å². The Kier molecular flexibility index (Phi) is 29.2. The smallest absolute Gasteiger partial charge is 0.308 e. The third kappa shape index (κ3) is 24.4. The second kappa shape index (κ2) is 30.0. The maximum absolute atomic E-state index is 12.2. The molecule has 0 saturated heterocycles. The number of rotatable bonds is 31. The molecule has 0 aliphatic carbocycles. The van der Waals surface area contributed by atoms with Crippen LogP contribution in [0.15, 0.2) is 0 Å². The van der Waals surface area contributed by atoms with Crippen molar-refractivity contribution in [1.82, 2.24) is 0 Å². The van der Waals surface area contributed by atoms with Crippen molar-refractivity contribution >= 4 is 11.9 Å². The van der Waals surface area contributed by atoms with E-state index in [9.17, 15) is 9.59 Å². The van der Waals surface area contributed by atoms with E-state index in [-0.39, 0.29) is 23.8 Å². The quantitative estimate of drug-likeness (QED) is 0.0591. The molecule has 0 N–H and O–H groups in total. The Morgan fingerprint density at radius 1 is 0.429 bits per heavy atom. The summed E-state index contributed by atoms with van der Waals surface area (Å²) in [6.45, 7) is 14.6. The predicted molar refractivity (Wildman–Crippen MR) is 181 cm³/mol. The van der Waals surface area contributed by atoms with Crippen LogP contribution in [0.1, 0.15) is 196 Å². The summed E-state index contributed by atoms with van der Waals surface area (Å²) in [4.78, 5) is 24.3. The minimum absolute atomic E-state index is 0.0278. The van der Waals surface area contributed by atoms with Crippen molar-refractivity contribution in [2.75, 3.05) is 13.2 Å². The molecule has 4 nitrogen and oxygen atoms in total. The van der Waals surface area contributed by atoms with Gasteiger partial charge in [-0.25, -0.2) is 0 Å². The van der Waals surface area contributed by atoms with Crippen molar-refractivity contribution in [3.8, 4) is 0 Å². The molecule has 4 atom stereocenters. The molecular formula is C38H74O4. The highest BCUT2D eigenvalue weighted by molar-refractivity contribution is 5.72. The number of hydrogen-bond donors (Lipinski definition) is 0. The highest BCUT2D eigenvalue weighted by Gasteiger charge is 2.18. The van der Waals surface area contributed by atoms with Gasteiger partial charge >= 0.3 is 11.9 Å². The SMILES string of the molecule is CCCCC(CC)C(=O)OCCCCCCCCC(C)CCC(C)CCCCCCCCOC(=O)C(CC)CCCC. The molecule has 42 heavy (non-hydrogen) atoms. The van der Waals surface area contributed by atoms with E-state index < -0.39 is 0 Å². The van der Waals surface area contributed by atoms with E-state index in [2.05, 4.69) is 41.5 Å². The maximum atomic E-state index is 12.2. The first kappa shape index (κ1) is 40.9. The van der Waals surface area contributed by atoms with Crippen molar-refractivity contribution in [3.05, 3.63) is 0 Å². The number of carbonyl (C=O) groups excluding carboxylic acids is 2. The van der Waals surface area contributed by atoms with Gasteiger partial charge in [-0.2, -0.15) is 0 Å². The Morgan fingerprint density at radius 2 is 0.762 bits per heavy atom. The fraction of sp³-hybridized carbons (Fsp3) is 0.947. The summed E-state index contributed by atoms with van der Waals surface area (Å²) in [6, 6.07) is 0. The van der Waals surface area contributed by atoms with Crippen LogP contribution in [-0.2, 0) is 19.1 Å². The maximum Gasteiger partial charge on any atom is 0.308 e. The van der Waals surface area contributed by atoms with Gasteiger partial charge in [0.1, 0.15) is 0 Å². The van der Waals surface area contributed by atoms with Crippen LogP contribution < -0.4 is 0 Å². The molecule has 0 aliphatic rings. The number of carbonyl (C=O) groups is 2. The molecule has 4 unspecified atom stereocenters. The molecule has 0 fully saturated rings. The molecule has 250 valence electrons. The zero-order valence-corrected chi connectivity index (χ0v) is 29.3. The third-order valence-corrected chi connectivity index (χ3v) is 9.29. The van der Waals surface area contributed by atoms with Crippen LogP contribution >= 0.6 is 0 Å². The fourth-order valence-corrected chi connectivity index (χ4v) is 5.92. The van der Waals surface area contributed by atoms with Gasteiger partial charge < -0.3 is 9.47 Å². The minimum Gasteiger partial charge on any atom is -0.465 e. The van der Waals surface area contributed by atoms with Crippen molar-refractivity contribution in [1.29, 1.82) is 0 Å². The van der Waals surface area contributed by atoms with Gasteiger partial charge in [0.05, 0.1) is 25.0 Å². The number of hydrogen-bond acceptors (Lipinski definition) is 4. The summed E-state index contributed by atoms with van der Waals surface area (Å²) in [5, 5.41) is 0. The van der Waals surface area contributed by atoms with Gasteiger partial charge in [-0.05, 0) is 50.4 Å². The van der Waals surface area contributed by atoms with E-state index in [1.165, 1.54) is 89.9 Å². The summed E-state index contributed by atoms with van der Waals surface area (Å²) in [5.41, 5.74) is 0. The fourth-order valence-electron chi connectivity index (χ4n) is 5.92. The molecule has 0 spiro atoms. The molecule has 0 aromatic carbocycles. The van der Waals surface area contributed by atoms with Crippen LogP contribution in [-0.4, -0.2) is 25.2 Å². The Morgan fingerprint density at radius 3 is 1.10 bits per heavy atom. The van der Waals surface area contributed by atoms with E-state index >= 15 is 0 Å². The van der Waals surface area contributed by atoms with E-state index in [1.807, 2.05) is 0 Å². The Hall–Kier alpha value is -1.06. The largest absolute Gasteiger partial charge is 0.465 e. The molecule has 4 heteroatoms. The molecular weight excluding hydrogens is 520 g/mol. The molecule has 0 aromatic heterocycles. The van der Waals surface area contributed by atoms with Gasteiger partial charge in [0, 0.05) is 0 Å². The van der Waals surface area contributed by atoms with Crippen molar-refractivity contribution < 1.29 is 19.1 Å². The van der Waals surface area contributed by atoms with E-state index in [1.54, 1.807) is 0 Å². The topological polar surface area (TPSA) is 52.6 Å². The lowest BCUT2D eigenvalue weighted by Crippen LogP contribution is -2.17. The number of unbranched alkanes of at least 4 members (excludes halogenated alkanes) is 12. The molecule has 0 aromatic rings.